The Morgan fingerprint density at radius 1 is 0.783 bits per heavy atom. The van der Waals surface area contributed by atoms with Crippen LogP contribution in [0.15, 0.2) is 17.0 Å². The summed E-state index contributed by atoms with van der Waals surface area (Å²) in [6.07, 6.45) is 23.0. The van der Waals surface area contributed by atoms with E-state index in [9.17, 15) is 0 Å². The smallest absolute Gasteiger partial charge is 0.180 e. The van der Waals surface area contributed by atoms with Gasteiger partial charge in [-0.1, -0.05) is 104 Å². The topological polar surface area (TPSA) is 26.0 Å². The van der Waals surface area contributed by atoms with Gasteiger partial charge in [0.05, 0.1) is 6.20 Å². The Labute approximate surface area is 144 Å². The summed E-state index contributed by atoms with van der Waals surface area (Å²) in [6, 6.07) is 0. The van der Waals surface area contributed by atoms with Crippen LogP contribution >= 0.6 is 0 Å². The molecule has 23 heavy (non-hydrogen) atoms. The van der Waals surface area contributed by atoms with Crippen molar-refractivity contribution >= 4 is 0 Å². The summed E-state index contributed by atoms with van der Waals surface area (Å²) in [5, 5.41) is 0. The first-order chi connectivity index (χ1) is 11.2. The standard InChI is InChI=1S/C21H39NO/c1-4-5-6-7-8-9-10-11-12-13-14-15-16-17-21(2,3)20-18-22-19-23-20/h18-19H,4-17H2,1-3H3. The molecule has 0 aliphatic rings. The van der Waals surface area contributed by atoms with Gasteiger partial charge < -0.3 is 4.42 Å². The molecule has 1 aromatic rings. The van der Waals surface area contributed by atoms with Crippen LogP contribution in [-0.2, 0) is 5.41 Å². The Balaban J connectivity index is 1.85. The molecule has 0 aliphatic heterocycles. The number of unbranched alkanes of at least 4 members (excludes halogenated alkanes) is 12. The zero-order chi connectivity index (χ0) is 16.8. The largest absolute Gasteiger partial charge is 0.448 e. The van der Waals surface area contributed by atoms with Crippen molar-refractivity contribution in [2.24, 2.45) is 0 Å². The van der Waals surface area contributed by atoms with E-state index >= 15 is 0 Å². The molecule has 1 aromatic heterocycles. The lowest BCUT2D eigenvalue weighted by molar-refractivity contribution is 0.350. The summed E-state index contributed by atoms with van der Waals surface area (Å²) in [7, 11) is 0. The molecule has 0 N–H and O–H groups in total. The van der Waals surface area contributed by atoms with Gasteiger partial charge in [0, 0.05) is 5.41 Å². The third-order valence-corrected chi connectivity index (χ3v) is 5.00. The summed E-state index contributed by atoms with van der Waals surface area (Å²) in [6.45, 7) is 6.80. The summed E-state index contributed by atoms with van der Waals surface area (Å²) in [5.74, 6) is 1.02. The van der Waals surface area contributed by atoms with E-state index in [0.29, 0.717) is 0 Å². The molecule has 0 aliphatic carbocycles. The molecule has 0 atom stereocenters. The molecule has 0 radical (unpaired) electrons. The van der Waals surface area contributed by atoms with Crippen LogP contribution in [0.2, 0.25) is 0 Å². The van der Waals surface area contributed by atoms with Crippen molar-refractivity contribution in [1.82, 2.24) is 4.98 Å². The second-order valence-corrected chi connectivity index (χ2v) is 7.74. The molecule has 1 heterocycles. The molecule has 0 saturated heterocycles. The highest BCUT2D eigenvalue weighted by atomic mass is 16.3. The molecule has 2 nitrogen and oxygen atoms in total. The Morgan fingerprint density at radius 2 is 1.26 bits per heavy atom. The van der Waals surface area contributed by atoms with E-state index in [1.807, 2.05) is 6.20 Å². The molecule has 2 heteroatoms. The average molecular weight is 322 g/mol. The number of aromatic nitrogens is 1. The lowest BCUT2D eigenvalue weighted by Gasteiger charge is -2.21. The van der Waals surface area contributed by atoms with Crippen molar-refractivity contribution in [3.05, 3.63) is 18.4 Å². The fourth-order valence-electron chi connectivity index (χ4n) is 3.26. The third-order valence-electron chi connectivity index (χ3n) is 5.00. The zero-order valence-electron chi connectivity index (χ0n) is 15.9. The minimum Gasteiger partial charge on any atom is -0.448 e. The third kappa shape index (κ3) is 9.84. The molecule has 134 valence electrons. The van der Waals surface area contributed by atoms with Crippen LogP contribution in [-0.4, -0.2) is 4.98 Å². The molecule has 0 unspecified atom stereocenters. The monoisotopic (exact) mass is 321 g/mol. The van der Waals surface area contributed by atoms with Crippen molar-refractivity contribution in [3.8, 4) is 0 Å². The van der Waals surface area contributed by atoms with E-state index in [1.165, 1.54) is 89.9 Å². The highest BCUT2D eigenvalue weighted by Crippen LogP contribution is 2.29. The normalized spacial score (nSPS) is 12.0. The Morgan fingerprint density at radius 3 is 1.70 bits per heavy atom. The van der Waals surface area contributed by atoms with Crippen LogP contribution in [0, 0.1) is 0 Å². The van der Waals surface area contributed by atoms with E-state index in [-0.39, 0.29) is 5.41 Å². The molecule has 0 spiro atoms. The van der Waals surface area contributed by atoms with E-state index < -0.39 is 0 Å². The lowest BCUT2D eigenvalue weighted by atomic mass is 9.84. The van der Waals surface area contributed by atoms with Gasteiger partial charge in [-0.05, 0) is 6.42 Å². The van der Waals surface area contributed by atoms with Crippen LogP contribution in [0.1, 0.15) is 116 Å². The SMILES string of the molecule is CCCCCCCCCCCCCCCC(C)(C)c1cnco1. The van der Waals surface area contributed by atoms with Gasteiger partial charge in [0.15, 0.2) is 6.39 Å². The van der Waals surface area contributed by atoms with Crippen LogP contribution in [0.25, 0.3) is 0 Å². The first-order valence-corrected chi connectivity index (χ1v) is 10.1. The van der Waals surface area contributed by atoms with Crippen molar-refractivity contribution in [2.45, 2.75) is 116 Å². The van der Waals surface area contributed by atoms with E-state index in [1.54, 1.807) is 6.39 Å². The Kier molecular flexibility index (Phi) is 11.1. The van der Waals surface area contributed by atoms with Gasteiger partial charge in [0.1, 0.15) is 5.76 Å². The average Bonchev–Trinajstić information content (AvgIpc) is 3.07. The fourth-order valence-corrected chi connectivity index (χ4v) is 3.26. The van der Waals surface area contributed by atoms with Gasteiger partial charge in [-0.25, -0.2) is 4.98 Å². The zero-order valence-corrected chi connectivity index (χ0v) is 15.9. The van der Waals surface area contributed by atoms with Crippen LogP contribution in [0.5, 0.6) is 0 Å². The predicted molar refractivity (Wildman–Crippen MR) is 99.8 cm³/mol. The molecule has 0 aromatic carbocycles. The second kappa shape index (κ2) is 12.6. The number of oxazole rings is 1. The van der Waals surface area contributed by atoms with Gasteiger partial charge >= 0.3 is 0 Å². The van der Waals surface area contributed by atoms with Crippen molar-refractivity contribution in [2.75, 3.05) is 0 Å². The summed E-state index contributed by atoms with van der Waals surface area (Å²) in [5.41, 5.74) is 0.133. The quantitative estimate of drug-likeness (QED) is 0.314. The summed E-state index contributed by atoms with van der Waals surface area (Å²) < 4.78 is 5.45. The first-order valence-electron chi connectivity index (χ1n) is 10.1. The highest BCUT2D eigenvalue weighted by Gasteiger charge is 2.23. The van der Waals surface area contributed by atoms with Crippen LogP contribution < -0.4 is 0 Å². The van der Waals surface area contributed by atoms with E-state index in [2.05, 4.69) is 25.8 Å². The van der Waals surface area contributed by atoms with Crippen molar-refractivity contribution in [1.29, 1.82) is 0 Å². The van der Waals surface area contributed by atoms with Gasteiger partial charge in [-0.2, -0.15) is 0 Å². The first kappa shape index (κ1) is 20.3. The van der Waals surface area contributed by atoms with Gasteiger partial charge in [0.2, 0.25) is 0 Å². The van der Waals surface area contributed by atoms with Crippen molar-refractivity contribution < 1.29 is 4.42 Å². The minimum atomic E-state index is 0.133. The Hall–Kier alpha value is -0.790. The second-order valence-electron chi connectivity index (χ2n) is 7.74. The summed E-state index contributed by atoms with van der Waals surface area (Å²) >= 11 is 0. The highest BCUT2D eigenvalue weighted by molar-refractivity contribution is 5.05. The summed E-state index contributed by atoms with van der Waals surface area (Å²) in [4.78, 5) is 4.04. The molecular weight excluding hydrogens is 282 g/mol. The van der Waals surface area contributed by atoms with Gasteiger partial charge in [0.25, 0.3) is 0 Å². The van der Waals surface area contributed by atoms with E-state index in [0.717, 1.165) is 5.76 Å². The molecule has 0 fully saturated rings. The molecule has 0 amide bonds. The van der Waals surface area contributed by atoms with Crippen LogP contribution in [0.4, 0.5) is 0 Å². The van der Waals surface area contributed by atoms with Gasteiger partial charge in [-0.15, -0.1) is 0 Å². The van der Waals surface area contributed by atoms with E-state index in [4.69, 9.17) is 4.42 Å². The maximum absolute atomic E-state index is 5.45. The maximum Gasteiger partial charge on any atom is 0.180 e. The molecule has 1 rings (SSSR count). The predicted octanol–water partition coefficient (Wildman–Crippen LogP) is 7.43. The van der Waals surface area contributed by atoms with Gasteiger partial charge in [-0.3, -0.25) is 0 Å². The minimum absolute atomic E-state index is 0.133. The maximum atomic E-state index is 5.45. The van der Waals surface area contributed by atoms with Crippen molar-refractivity contribution in [3.63, 3.8) is 0 Å². The molecule has 0 saturated carbocycles. The fraction of sp³-hybridized carbons (Fsp3) is 0.857. The number of hydrogen-bond acceptors (Lipinski definition) is 2. The number of rotatable bonds is 15. The number of hydrogen-bond donors (Lipinski definition) is 0. The lowest BCUT2D eigenvalue weighted by Crippen LogP contribution is -2.15. The molecule has 0 bridgehead atoms. The molecular formula is C21H39NO. The Bertz CT molecular complexity index is 356. The number of nitrogens with zero attached hydrogens (tertiary/aromatic N) is 1. The van der Waals surface area contributed by atoms with Crippen LogP contribution in [0.3, 0.4) is 0 Å².